The Morgan fingerprint density at radius 1 is 0.688 bits per heavy atom. The van der Waals surface area contributed by atoms with Crippen molar-refractivity contribution in [2.75, 3.05) is 5.32 Å². The number of hydrogen-bond acceptors (Lipinski definition) is 2. The molecule has 0 bridgehead atoms. The van der Waals surface area contributed by atoms with Gasteiger partial charge in [-0.2, -0.15) is 5.10 Å². The Labute approximate surface area is 190 Å². The van der Waals surface area contributed by atoms with E-state index in [4.69, 9.17) is 0 Å². The molecular weight excluding hydrogens is 409 g/mol. The van der Waals surface area contributed by atoms with Crippen molar-refractivity contribution in [3.05, 3.63) is 127 Å². The number of para-hydroxylation sites is 1. The molecule has 1 aromatic heterocycles. The highest BCUT2D eigenvalue weighted by molar-refractivity contribution is 7.80. The van der Waals surface area contributed by atoms with Gasteiger partial charge >= 0.3 is 0 Å². The number of benzene rings is 4. The van der Waals surface area contributed by atoms with Crippen molar-refractivity contribution >= 4 is 35.2 Å². The smallest absolute Gasteiger partial charge is 0.0882 e. The van der Waals surface area contributed by atoms with Crippen LogP contribution < -0.4 is 21.2 Å². The zero-order valence-electron chi connectivity index (χ0n) is 17.9. The fraction of sp³-hybridized carbons (Fsp3) is 0.0357. The molecule has 0 atom stereocenters. The standard InChI is InChI=1S/C28H24N3P/c1-22-17-18-25(27(21-22)31-20-10-19-29-31)30-26-15-8-9-16-28(26)32(23-11-4-2-5-12-23)24-13-6-3-7-14-24/h2-21,30H,1H3. The molecule has 32 heavy (non-hydrogen) atoms. The molecule has 0 radical (unpaired) electrons. The maximum absolute atomic E-state index is 4.46. The van der Waals surface area contributed by atoms with Crippen molar-refractivity contribution in [2.45, 2.75) is 6.92 Å². The summed E-state index contributed by atoms with van der Waals surface area (Å²) >= 11 is 0. The van der Waals surface area contributed by atoms with Gasteiger partial charge in [0, 0.05) is 23.4 Å². The van der Waals surface area contributed by atoms with Crippen LogP contribution in [-0.2, 0) is 0 Å². The zero-order valence-corrected chi connectivity index (χ0v) is 18.8. The second-order valence-electron chi connectivity index (χ2n) is 7.62. The summed E-state index contributed by atoms with van der Waals surface area (Å²) in [5, 5.41) is 12.2. The van der Waals surface area contributed by atoms with Gasteiger partial charge in [-0.25, -0.2) is 4.68 Å². The molecule has 5 rings (SSSR count). The lowest BCUT2D eigenvalue weighted by Crippen LogP contribution is -2.22. The molecule has 0 unspecified atom stereocenters. The Morgan fingerprint density at radius 2 is 1.34 bits per heavy atom. The second kappa shape index (κ2) is 9.21. The quantitative estimate of drug-likeness (QED) is 0.349. The number of hydrogen-bond donors (Lipinski definition) is 1. The number of nitrogens with one attached hydrogen (secondary N) is 1. The molecular formula is C28H24N3P. The Morgan fingerprint density at radius 3 is 2.00 bits per heavy atom. The normalized spacial score (nSPS) is 10.9. The molecule has 1 heterocycles. The maximum Gasteiger partial charge on any atom is 0.0882 e. The van der Waals surface area contributed by atoms with Gasteiger partial charge in [-0.15, -0.1) is 0 Å². The Bertz CT molecular complexity index is 1260. The molecule has 0 aliphatic carbocycles. The van der Waals surface area contributed by atoms with Gasteiger partial charge in [0.1, 0.15) is 0 Å². The van der Waals surface area contributed by atoms with Gasteiger partial charge in [0.15, 0.2) is 0 Å². The summed E-state index contributed by atoms with van der Waals surface area (Å²) in [5.74, 6) is 0. The molecule has 0 aliphatic rings. The highest BCUT2D eigenvalue weighted by atomic mass is 31.1. The molecule has 4 heteroatoms. The first-order chi connectivity index (χ1) is 15.8. The van der Waals surface area contributed by atoms with E-state index < -0.39 is 7.92 Å². The van der Waals surface area contributed by atoms with E-state index in [0.29, 0.717) is 0 Å². The Hall–Kier alpha value is -3.68. The Kier molecular flexibility index (Phi) is 5.83. The summed E-state index contributed by atoms with van der Waals surface area (Å²) in [6.45, 7) is 2.11. The van der Waals surface area contributed by atoms with Crippen molar-refractivity contribution < 1.29 is 0 Å². The van der Waals surface area contributed by atoms with Crippen molar-refractivity contribution in [2.24, 2.45) is 0 Å². The molecule has 0 spiro atoms. The van der Waals surface area contributed by atoms with E-state index in [9.17, 15) is 0 Å². The summed E-state index contributed by atoms with van der Waals surface area (Å²) in [6, 6.07) is 38.6. The zero-order chi connectivity index (χ0) is 21.8. The van der Waals surface area contributed by atoms with E-state index in [0.717, 1.165) is 17.1 Å². The van der Waals surface area contributed by atoms with E-state index >= 15 is 0 Å². The van der Waals surface area contributed by atoms with Crippen LogP contribution >= 0.6 is 7.92 Å². The van der Waals surface area contributed by atoms with Crippen LogP contribution in [0.2, 0.25) is 0 Å². The van der Waals surface area contributed by atoms with Gasteiger partial charge in [-0.1, -0.05) is 84.9 Å². The first-order valence-electron chi connectivity index (χ1n) is 10.7. The second-order valence-corrected chi connectivity index (χ2v) is 9.81. The van der Waals surface area contributed by atoms with Crippen LogP contribution in [0, 0.1) is 6.92 Å². The van der Waals surface area contributed by atoms with E-state index in [1.165, 1.54) is 21.5 Å². The molecule has 156 valence electrons. The molecule has 0 saturated heterocycles. The minimum Gasteiger partial charge on any atom is -0.353 e. The SMILES string of the molecule is Cc1ccc(Nc2ccccc2P(c2ccccc2)c2ccccc2)c(-n2cccn2)c1. The van der Waals surface area contributed by atoms with Crippen molar-refractivity contribution in [1.29, 1.82) is 0 Å². The predicted octanol–water partition coefficient (Wildman–Crippen LogP) is 5.68. The molecule has 4 aromatic carbocycles. The average molecular weight is 433 g/mol. The summed E-state index contributed by atoms with van der Waals surface area (Å²) in [5.41, 5.74) is 4.38. The van der Waals surface area contributed by atoms with Crippen molar-refractivity contribution in [1.82, 2.24) is 9.78 Å². The molecule has 0 fully saturated rings. The van der Waals surface area contributed by atoms with E-state index in [1.807, 2.05) is 23.1 Å². The third-order valence-electron chi connectivity index (χ3n) is 5.35. The van der Waals surface area contributed by atoms with Gasteiger partial charge < -0.3 is 5.32 Å². The van der Waals surface area contributed by atoms with Gasteiger partial charge in [0.05, 0.1) is 11.4 Å². The minimum atomic E-state index is -0.709. The van der Waals surface area contributed by atoms with Gasteiger partial charge in [0.2, 0.25) is 0 Å². The third-order valence-corrected chi connectivity index (χ3v) is 7.85. The molecule has 3 nitrogen and oxygen atoms in total. The van der Waals surface area contributed by atoms with Crippen LogP contribution in [0.1, 0.15) is 5.56 Å². The number of anilines is 2. The Balaban J connectivity index is 1.62. The third kappa shape index (κ3) is 4.21. The highest BCUT2D eigenvalue weighted by Crippen LogP contribution is 2.37. The van der Waals surface area contributed by atoms with E-state index in [1.54, 1.807) is 0 Å². The van der Waals surface area contributed by atoms with E-state index in [2.05, 4.69) is 120 Å². The summed E-state index contributed by atoms with van der Waals surface area (Å²) in [4.78, 5) is 0. The molecule has 0 amide bonds. The van der Waals surface area contributed by atoms with E-state index in [-0.39, 0.29) is 0 Å². The summed E-state index contributed by atoms with van der Waals surface area (Å²) in [6.07, 6.45) is 3.79. The topological polar surface area (TPSA) is 29.9 Å². The summed E-state index contributed by atoms with van der Waals surface area (Å²) in [7, 11) is -0.709. The lowest BCUT2D eigenvalue weighted by molar-refractivity contribution is 0.881. The van der Waals surface area contributed by atoms with Crippen LogP contribution in [0.5, 0.6) is 0 Å². The van der Waals surface area contributed by atoms with Crippen LogP contribution in [-0.4, -0.2) is 9.78 Å². The predicted molar refractivity (Wildman–Crippen MR) is 137 cm³/mol. The molecule has 0 saturated carbocycles. The number of rotatable bonds is 6. The minimum absolute atomic E-state index is 0.709. The van der Waals surface area contributed by atoms with Crippen LogP contribution in [0.4, 0.5) is 11.4 Å². The highest BCUT2D eigenvalue weighted by Gasteiger charge is 2.20. The first-order valence-corrected chi connectivity index (χ1v) is 12.0. The summed E-state index contributed by atoms with van der Waals surface area (Å²) < 4.78 is 1.91. The number of aromatic nitrogens is 2. The molecule has 1 N–H and O–H groups in total. The van der Waals surface area contributed by atoms with Crippen LogP contribution in [0.25, 0.3) is 5.69 Å². The maximum atomic E-state index is 4.46. The lowest BCUT2D eigenvalue weighted by Gasteiger charge is -2.23. The average Bonchev–Trinajstić information content (AvgIpc) is 3.38. The fourth-order valence-corrected chi connectivity index (χ4v) is 6.25. The molecule has 0 aliphatic heterocycles. The first kappa shape index (κ1) is 20.2. The largest absolute Gasteiger partial charge is 0.353 e. The van der Waals surface area contributed by atoms with Crippen molar-refractivity contribution in [3.63, 3.8) is 0 Å². The van der Waals surface area contributed by atoms with Crippen LogP contribution in [0.3, 0.4) is 0 Å². The number of aryl methyl sites for hydroxylation is 1. The monoisotopic (exact) mass is 433 g/mol. The van der Waals surface area contributed by atoms with Crippen LogP contribution in [0.15, 0.2) is 122 Å². The fourth-order valence-electron chi connectivity index (χ4n) is 3.85. The van der Waals surface area contributed by atoms with Gasteiger partial charge in [-0.05, 0) is 55.3 Å². The number of nitrogens with zero attached hydrogens (tertiary/aromatic N) is 2. The lowest BCUT2D eigenvalue weighted by atomic mass is 10.2. The van der Waals surface area contributed by atoms with Crippen molar-refractivity contribution in [3.8, 4) is 5.69 Å². The van der Waals surface area contributed by atoms with Gasteiger partial charge in [-0.3, -0.25) is 0 Å². The van der Waals surface area contributed by atoms with Gasteiger partial charge in [0.25, 0.3) is 0 Å². The molecule has 5 aromatic rings.